The van der Waals surface area contributed by atoms with Crippen molar-refractivity contribution in [3.63, 3.8) is 0 Å². The molecule has 1 fully saturated rings. The molecule has 0 amide bonds. The van der Waals surface area contributed by atoms with Crippen LogP contribution in [0, 0.1) is 0 Å². The molecule has 1 aliphatic rings. The third-order valence-electron chi connectivity index (χ3n) is 5.35. The van der Waals surface area contributed by atoms with Crippen molar-refractivity contribution in [2.75, 3.05) is 32.0 Å². The van der Waals surface area contributed by atoms with E-state index in [2.05, 4.69) is 44.5 Å². The average molecular weight is 559 g/mol. The predicted molar refractivity (Wildman–Crippen MR) is 124 cm³/mol. The van der Waals surface area contributed by atoms with Crippen molar-refractivity contribution in [1.29, 1.82) is 0 Å². The number of imidazole rings is 1. The molecule has 0 aromatic carbocycles. The van der Waals surface area contributed by atoms with Crippen molar-refractivity contribution in [1.82, 2.24) is 19.4 Å². The number of nitrogens with one attached hydrogen (secondary N) is 1. The topological polar surface area (TPSA) is 247 Å². The summed E-state index contributed by atoms with van der Waals surface area (Å²) in [5.74, 6) is -0.203. The second-order valence-electron chi connectivity index (χ2n) is 7.76. The Morgan fingerprint density at radius 3 is 2.28 bits per heavy atom. The van der Waals surface area contributed by atoms with E-state index in [0.717, 1.165) is 0 Å². The van der Waals surface area contributed by atoms with E-state index in [0.29, 0.717) is 0 Å². The number of aromatic nitrogens is 4. The van der Waals surface area contributed by atoms with Gasteiger partial charge in [-0.15, -0.1) is 0 Å². The summed E-state index contributed by atoms with van der Waals surface area (Å²) in [4.78, 5) is 47.2. The number of aliphatic hydroxyl groups is 2. The maximum absolute atomic E-state index is 12.1. The highest BCUT2D eigenvalue weighted by Gasteiger charge is 2.48. The quantitative estimate of drug-likeness (QED) is 0.134. The van der Waals surface area contributed by atoms with Gasteiger partial charge in [-0.3, -0.25) is 18.9 Å². The Morgan fingerprint density at radius 2 is 1.78 bits per heavy atom. The molecule has 1 unspecified atom stereocenters. The summed E-state index contributed by atoms with van der Waals surface area (Å²) in [6.45, 7) is 9.27. The fourth-order valence-electron chi connectivity index (χ4n) is 3.55. The number of H-pyrrole nitrogens is 1. The van der Waals surface area contributed by atoms with E-state index in [9.17, 15) is 29.0 Å². The molecule has 0 saturated carbocycles. The third kappa shape index (κ3) is 7.63. The van der Waals surface area contributed by atoms with Crippen LogP contribution in [0.5, 0.6) is 0 Å². The van der Waals surface area contributed by atoms with E-state index in [4.69, 9.17) is 20.3 Å². The molecule has 0 aliphatic carbocycles. The lowest BCUT2D eigenvalue weighted by molar-refractivity contribution is -0.745. The molecule has 1 aliphatic heterocycles. The summed E-state index contributed by atoms with van der Waals surface area (Å²) in [5, 5.41) is 20.5. The number of phosphoric acid groups is 2. The molecule has 17 nitrogen and oxygen atoms in total. The van der Waals surface area contributed by atoms with Crippen LogP contribution in [0.15, 0.2) is 11.1 Å². The number of fused-ring (bicyclic) bond motifs is 1. The minimum Gasteiger partial charge on any atom is -0.387 e. The number of nitrogen functional groups attached to an aromatic ring is 1. The summed E-state index contributed by atoms with van der Waals surface area (Å²) >= 11 is 0. The Kier molecular flexibility index (Phi) is 10.3. The molecular formula is C17H33N6O11P2+. The highest BCUT2D eigenvalue weighted by Crippen LogP contribution is 2.57. The molecule has 19 heteroatoms. The highest BCUT2D eigenvalue weighted by atomic mass is 31.3. The molecule has 1 saturated heterocycles. The fraction of sp³-hybridized carbons (Fsp3) is 0.706. The van der Waals surface area contributed by atoms with Crippen LogP contribution >= 0.6 is 15.6 Å². The van der Waals surface area contributed by atoms with Crippen molar-refractivity contribution in [3.05, 3.63) is 16.7 Å². The Bertz CT molecular complexity index is 1170. The second-order valence-corrected chi connectivity index (χ2v) is 10.6. The number of ether oxygens (including phenoxy) is 1. The van der Waals surface area contributed by atoms with Crippen LogP contribution < -0.4 is 15.9 Å². The van der Waals surface area contributed by atoms with Gasteiger partial charge < -0.3 is 40.3 Å². The molecule has 0 radical (unpaired) electrons. The third-order valence-corrected chi connectivity index (χ3v) is 7.51. The molecular weight excluding hydrogens is 526 g/mol. The summed E-state index contributed by atoms with van der Waals surface area (Å²) in [7, 11) is -8.97. The van der Waals surface area contributed by atoms with Gasteiger partial charge in [0.25, 0.3) is 11.5 Å². The Balaban J connectivity index is 0.000000572. The normalized spacial score (nSPS) is 24.1. The number of aromatic amines is 1. The van der Waals surface area contributed by atoms with Crippen LogP contribution in [0.1, 0.15) is 27.0 Å². The molecule has 0 spiro atoms. The van der Waals surface area contributed by atoms with Gasteiger partial charge in [0.1, 0.15) is 18.3 Å². The summed E-state index contributed by atoms with van der Waals surface area (Å²) in [6.07, 6.45) is -4.54. The monoisotopic (exact) mass is 559 g/mol. The fourth-order valence-corrected chi connectivity index (χ4v) is 5.15. The molecule has 3 rings (SSSR count). The summed E-state index contributed by atoms with van der Waals surface area (Å²) in [6, 6.07) is 0. The molecule has 36 heavy (non-hydrogen) atoms. The number of phosphoric ester groups is 1. The number of nitrogens with zero attached hydrogens (tertiary/aromatic N) is 4. The lowest BCUT2D eigenvalue weighted by atomic mass is 10.1. The van der Waals surface area contributed by atoms with Crippen LogP contribution in [-0.4, -0.2) is 88.9 Å². The van der Waals surface area contributed by atoms with E-state index in [1.54, 1.807) is 0 Å². The standard InChI is InChI=1S/C11H17N5O11P2.C6H15N/c1-15-3-16(8-5(15)9(19)14-11(12)13-8)10-7(18)6(17)4(26-10)2-25-29(23,24)27-28(20,21)22;1-4-7(5-2)6-3/h3-4,6-7,10,17-18H,2H2,1H3,(H5-,12,13,14,19,20,21,22,23,24);4-6H2,1-3H3/p+1/t4-,6-,7-,10-;/m1./s1. The maximum atomic E-state index is 12.1. The zero-order chi connectivity index (χ0) is 27.4. The molecule has 2 aromatic rings. The van der Waals surface area contributed by atoms with Crippen molar-refractivity contribution in [3.8, 4) is 0 Å². The van der Waals surface area contributed by atoms with Crippen LogP contribution in [0.4, 0.5) is 5.95 Å². The number of rotatable bonds is 9. The minimum absolute atomic E-state index is 0.0317. The van der Waals surface area contributed by atoms with Crippen LogP contribution in [0.2, 0.25) is 0 Å². The zero-order valence-corrected chi connectivity index (χ0v) is 22.0. The van der Waals surface area contributed by atoms with E-state index in [-0.39, 0.29) is 17.1 Å². The largest absolute Gasteiger partial charge is 0.481 e. The van der Waals surface area contributed by atoms with E-state index in [1.165, 1.54) is 42.1 Å². The van der Waals surface area contributed by atoms with Gasteiger partial charge in [0.15, 0.2) is 6.33 Å². The first-order valence-corrected chi connectivity index (χ1v) is 13.9. The Labute approximate surface area is 205 Å². The Morgan fingerprint density at radius 1 is 1.19 bits per heavy atom. The molecule has 8 N–H and O–H groups in total. The van der Waals surface area contributed by atoms with Crippen LogP contribution in [-0.2, 0) is 29.7 Å². The van der Waals surface area contributed by atoms with Crippen molar-refractivity contribution in [2.24, 2.45) is 7.05 Å². The molecule has 206 valence electrons. The highest BCUT2D eigenvalue weighted by molar-refractivity contribution is 7.60. The first-order chi connectivity index (χ1) is 16.6. The van der Waals surface area contributed by atoms with Crippen LogP contribution in [0.3, 0.4) is 0 Å². The molecule has 2 aromatic heterocycles. The van der Waals surface area contributed by atoms with Crippen molar-refractivity contribution >= 4 is 32.8 Å². The number of nitrogens with two attached hydrogens (primary N) is 1. The lowest BCUT2D eigenvalue weighted by Gasteiger charge is -2.17. The number of aryl methyl sites for hydroxylation is 1. The van der Waals surface area contributed by atoms with Gasteiger partial charge in [-0.05, 0) is 19.6 Å². The summed E-state index contributed by atoms with van der Waals surface area (Å²) < 4.78 is 38.3. The van der Waals surface area contributed by atoms with Gasteiger partial charge in [0, 0.05) is 0 Å². The van der Waals surface area contributed by atoms with Gasteiger partial charge in [0.05, 0.1) is 13.7 Å². The first kappa shape index (κ1) is 30.5. The second kappa shape index (κ2) is 12.2. The lowest BCUT2D eigenvalue weighted by Crippen LogP contribution is -2.46. The van der Waals surface area contributed by atoms with E-state index < -0.39 is 52.4 Å². The number of anilines is 1. The molecule has 3 heterocycles. The minimum atomic E-state index is -5.32. The number of aliphatic hydroxyl groups excluding tert-OH is 2. The smallest absolute Gasteiger partial charge is 0.387 e. The van der Waals surface area contributed by atoms with Crippen LogP contribution in [0.25, 0.3) is 11.2 Å². The molecule has 0 bridgehead atoms. The van der Waals surface area contributed by atoms with Gasteiger partial charge in [0.2, 0.25) is 11.7 Å². The Hall–Kier alpha value is -1.75. The van der Waals surface area contributed by atoms with Gasteiger partial charge in [-0.25, -0.2) is 13.7 Å². The summed E-state index contributed by atoms with van der Waals surface area (Å²) in [5.41, 5.74) is 5.11. The first-order valence-electron chi connectivity index (χ1n) is 10.9. The maximum Gasteiger partial charge on any atom is 0.481 e. The van der Waals surface area contributed by atoms with Gasteiger partial charge in [-0.1, -0.05) is 25.8 Å². The predicted octanol–water partition coefficient (Wildman–Crippen LogP) is -1.68. The van der Waals surface area contributed by atoms with E-state index >= 15 is 0 Å². The molecule has 5 atom stereocenters. The number of hydrogen-bond acceptors (Lipinski definition) is 11. The van der Waals surface area contributed by atoms with Crippen molar-refractivity contribution in [2.45, 2.75) is 45.3 Å². The van der Waals surface area contributed by atoms with Crippen molar-refractivity contribution < 1.29 is 52.2 Å². The van der Waals surface area contributed by atoms with Gasteiger partial charge in [-0.2, -0.15) is 4.31 Å². The van der Waals surface area contributed by atoms with E-state index in [1.807, 2.05) is 0 Å². The van der Waals surface area contributed by atoms with Gasteiger partial charge >= 0.3 is 21.3 Å². The number of hydrogen-bond donors (Lipinski definition) is 7. The SMILES string of the molecule is CCN(CC)CC.Cn1c[n+]([C@@H]2O[C@H](COP(=O)(O)OP(=O)(O)O)[C@@H](O)[C@H]2O)c2nc(N)[nH]c(=O)c21. The zero-order valence-electron chi connectivity index (χ0n) is 20.2. The average Bonchev–Trinajstić information content (AvgIpc) is 3.23.